The van der Waals surface area contributed by atoms with E-state index in [2.05, 4.69) is 105 Å². The summed E-state index contributed by atoms with van der Waals surface area (Å²) < 4.78 is 13.6. The molecule has 0 unspecified atom stereocenters. The Hall–Kier alpha value is -3.66. The van der Waals surface area contributed by atoms with Crippen LogP contribution in [0.4, 0.5) is 0 Å². The lowest BCUT2D eigenvalue weighted by Gasteiger charge is -2.27. The third-order valence-corrected chi connectivity index (χ3v) is 20.4. The summed E-state index contributed by atoms with van der Waals surface area (Å²) in [7, 11) is 0. The number of fused-ring (bicyclic) bond motifs is 20. The molecule has 434 valence electrons. The number of H-pyrrole nitrogens is 2. The molecular weight excluding hydrogens is 1360 g/mol. The summed E-state index contributed by atoms with van der Waals surface area (Å²) >= 11 is 100. The van der Waals surface area contributed by atoms with Gasteiger partial charge in [-0.25, -0.2) is 29.9 Å². The van der Waals surface area contributed by atoms with Crippen molar-refractivity contribution in [3.05, 3.63) is 129 Å². The summed E-state index contributed by atoms with van der Waals surface area (Å²) in [6.45, 7) is 25.3. The third kappa shape index (κ3) is 10.2. The Morgan fingerprint density at radius 1 is 0.298 bits per heavy atom. The highest BCUT2D eigenvalue weighted by Gasteiger charge is 2.36. The molecular formula is C60H44Cl14N8O2. The van der Waals surface area contributed by atoms with Gasteiger partial charge in [0.15, 0.2) is 34.8 Å². The Labute approximate surface area is 553 Å². The van der Waals surface area contributed by atoms with Gasteiger partial charge in [0.05, 0.1) is 104 Å². The third-order valence-electron chi connectivity index (χ3n) is 14.4. The van der Waals surface area contributed by atoms with Crippen molar-refractivity contribution < 1.29 is 9.47 Å². The lowest BCUT2D eigenvalue weighted by Crippen LogP contribution is -2.17. The molecule has 2 aliphatic heterocycles. The molecule has 84 heavy (non-hydrogen) atoms. The average molecular weight is 1410 g/mol. The van der Waals surface area contributed by atoms with Gasteiger partial charge in [-0.05, 0) is 44.9 Å². The first kappa shape index (κ1) is 62.0. The van der Waals surface area contributed by atoms with Crippen LogP contribution >= 0.6 is 162 Å². The molecule has 2 N–H and O–H groups in total. The van der Waals surface area contributed by atoms with Gasteiger partial charge in [0.25, 0.3) is 0 Å². The van der Waals surface area contributed by atoms with E-state index in [0.717, 1.165) is 22.3 Å². The van der Waals surface area contributed by atoms with Crippen molar-refractivity contribution in [2.45, 2.75) is 105 Å². The number of halogens is 14. The quantitative estimate of drug-likeness (QED) is 0.132. The molecule has 6 aromatic carbocycles. The van der Waals surface area contributed by atoms with Gasteiger partial charge in [-0.3, -0.25) is 0 Å². The normalized spacial score (nSPS) is 12.9. The molecule has 10 nitrogen and oxygen atoms in total. The number of hydrogen-bond acceptors (Lipinski definition) is 8. The van der Waals surface area contributed by atoms with Crippen molar-refractivity contribution in [2.24, 2.45) is 0 Å². The highest BCUT2D eigenvalue weighted by atomic mass is 35.5. The van der Waals surface area contributed by atoms with Crippen LogP contribution in [0.2, 0.25) is 70.3 Å². The van der Waals surface area contributed by atoms with Gasteiger partial charge in [0, 0.05) is 11.1 Å². The molecule has 0 aliphatic carbocycles. The number of aromatic amines is 2. The summed E-state index contributed by atoms with van der Waals surface area (Å²) in [5.41, 5.74) is 3.30. The zero-order valence-electron chi connectivity index (χ0n) is 46.3. The molecule has 0 saturated heterocycles. The van der Waals surface area contributed by atoms with E-state index < -0.39 is 10.8 Å². The maximum absolute atomic E-state index is 7.64. The minimum atomic E-state index is -0.418. The average Bonchev–Trinajstić information content (AvgIpc) is 1.76. The first-order valence-corrected chi connectivity index (χ1v) is 30.9. The van der Waals surface area contributed by atoms with Crippen molar-refractivity contribution in [2.75, 3.05) is 0 Å². The monoisotopic (exact) mass is 1400 g/mol. The zero-order valence-corrected chi connectivity index (χ0v) is 56.8. The van der Waals surface area contributed by atoms with Crippen LogP contribution < -0.4 is 9.47 Å². The Morgan fingerprint density at radius 2 is 0.571 bits per heavy atom. The number of hydrogen-bond donors (Lipinski definition) is 2. The lowest BCUT2D eigenvalue weighted by atomic mass is 9.80. The minimum Gasteiger partial charge on any atom is -0.454 e. The fraction of sp³-hybridized carbons (Fsp3) is 0.267. The molecule has 24 heteroatoms. The van der Waals surface area contributed by atoms with Crippen LogP contribution in [0.5, 0.6) is 23.0 Å². The van der Waals surface area contributed by atoms with Gasteiger partial charge >= 0.3 is 0 Å². The standard InChI is InChI=1S/C60H44Cl14N8O2/c1-57(2,3)19-13-15-23(21(17-19)59(7,8)9)83-47-39(67)31-29(37(65)45(47)73)53-78-51-26-25(33(61)41(69)42(70)34(26)62)49(76-51)75-50-27-28(36(64)44(72)43(71)35(27)63)52(77-50)79-55-32-30(54(81-55)82-56(31)80-53)38(66)46(74)48(40(32)68)84-24-16-14-20(58(4,5)6)18-22(24)60(10,11)12/h13-18H,1-12H3,(H2,75,76,77,78,79,80,81,82). The number of nitrogens with one attached hydrogen (secondary N) is 2. The van der Waals surface area contributed by atoms with E-state index >= 15 is 0 Å². The molecule has 0 spiro atoms. The number of ether oxygens (including phenoxy) is 2. The van der Waals surface area contributed by atoms with E-state index in [4.69, 9.17) is 202 Å². The zero-order chi connectivity index (χ0) is 61.3. The molecule has 2 aliphatic rings. The molecule has 0 saturated carbocycles. The van der Waals surface area contributed by atoms with E-state index in [1.807, 2.05) is 24.3 Å². The summed E-state index contributed by atoms with van der Waals surface area (Å²) in [6.07, 6.45) is 0. The number of aromatic nitrogens is 8. The molecule has 0 amide bonds. The highest BCUT2D eigenvalue weighted by molar-refractivity contribution is 6.57. The Balaban J connectivity index is 1.31. The lowest BCUT2D eigenvalue weighted by molar-refractivity contribution is 0.453. The van der Waals surface area contributed by atoms with Crippen LogP contribution in [0, 0.1) is 0 Å². The van der Waals surface area contributed by atoms with Gasteiger partial charge in [0.2, 0.25) is 0 Å². The molecule has 0 fully saturated rings. The van der Waals surface area contributed by atoms with Crippen LogP contribution in [0.25, 0.3) is 89.7 Å². The predicted octanol–water partition coefficient (Wildman–Crippen LogP) is 24.8. The highest BCUT2D eigenvalue weighted by Crippen LogP contribution is 2.57. The number of rotatable bonds is 4. The molecule has 9 aromatic rings. The van der Waals surface area contributed by atoms with Crippen molar-refractivity contribution in [1.29, 1.82) is 0 Å². The molecule has 0 radical (unpaired) electrons. The number of nitrogens with zero attached hydrogens (tertiary/aromatic N) is 6. The van der Waals surface area contributed by atoms with Crippen LogP contribution in [0.15, 0.2) is 36.4 Å². The first-order valence-electron chi connectivity index (χ1n) is 25.6. The van der Waals surface area contributed by atoms with Crippen molar-refractivity contribution in [3.63, 3.8) is 0 Å². The van der Waals surface area contributed by atoms with Gasteiger partial charge in [-0.2, -0.15) is 0 Å². The maximum atomic E-state index is 7.64. The largest absolute Gasteiger partial charge is 0.454 e. The van der Waals surface area contributed by atoms with E-state index in [1.165, 1.54) is 0 Å². The van der Waals surface area contributed by atoms with E-state index in [1.54, 1.807) is 0 Å². The molecule has 3 aromatic heterocycles. The molecule has 0 atom stereocenters. The molecule has 8 bridgehead atoms. The van der Waals surface area contributed by atoms with Crippen molar-refractivity contribution in [1.82, 2.24) is 39.9 Å². The molecule has 5 heterocycles. The number of benzene rings is 6. The molecule has 11 rings (SSSR count). The SMILES string of the molecule is CC(C)(C)c1ccc(Oc2c(Cl)c(Cl)c3c(c2Cl)-c2nc-3nc3[nH]c(nc4nc(nc5[nH]c(n2)c2c(Cl)c(Cl)c(Oc6ccc(C(C)(C)C)cc6C(C)(C)C)c(Cl)c52)-c2c(Cl)c(Cl)c(Cl)c(Cl)c2-4)c2c(Cl)c(Cl)c(Cl)c(Cl)c32)c(C(C)(C)C)c1. The Kier molecular flexibility index (Phi) is 15.9. The van der Waals surface area contributed by atoms with Gasteiger partial charge in [-0.15, -0.1) is 0 Å². The first-order chi connectivity index (χ1) is 39.0. The fourth-order valence-corrected chi connectivity index (χ4v) is 13.8. The second-order valence-electron chi connectivity index (χ2n) is 24.3. The van der Waals surface area contributed by atoms with Crippen LogP contribution in [-0.4, -0.2) is 39.9 Å². The Morgan fingerprint density at radius 3 is 0.905 bits per heavy atom. The van der Waals surface area contributed by atoms with Gasteiger partial charge in [0.1, 0.15) is 44.1 Å². The van der Waals surface area contributed by atoms with E-state index in [9.17, 15) is 0 Å². The summed E-state index contributed by atoms with van der Waals surface area (Å²) in [5.74, 6) is 0.645. The van der Waals surface area contributed by atoms with Gasteiger partial charge in [-0.1, -0.05) is 270 Å². The van der Waals surface area contributed by atoms with Crippen LogP contribution in [0.1, 0.15) is 105 Å². The van der Waals surface area contributed by atoms with E-state index in [0.29, 0.717) is 11.5 Å². The smallest absolute Gasteiger partial charge is 0.166 e. The summed E-state index contributed by atoms with van der Waals surface area (Å²) in [6, 6.07) is 12.0. The van der Waals surface area contributed by atoms with E-state index in [-0.39, 0.29) is 182 Å². The Bertz CT molecular complexity index is 4610. The topological polar surface area (TPSA) is 127 Å². The fourth-order valence-electron chi connectivity index (χ4n) is 9.99. The maximum Gasteiger partial charge on any atom is 0.166 e. The second-order valence-corrected chi connectivity index (χ2v) is 29.6. The van der Waals surface area contributed by atoms with Crippen LogP contribution in [-0.2, 0) is 21.7 Å². The van der Waals surface area contributed by atoms with Gasteiger partial charge < -0.3 is 19.4 Å². The summed E-state index contributed by atoms with van der Waals surface area (Å²) in [4.78, 5) is 36.9. The summed E-state index contributed by atoms with van der Waals surface area (Å²) in [5, 5.41) is -0.261. The van der Waals surface area contributed by atoms with Crippen molar-refractivity contribution in [3.8, 4) is 68.5 Å². The predicted molar refractivity (Wildman–Crippen MR) is 354 cm³/mol. The van der Waals surface area contributed by atoms with Crippen LogP contribution in [0.3, 0.4) is 0 Å². The minimum absolute atomic E-state index is 0.00234. The second kappa shape index (κ2) is 21.5. The van der Waals surface area contributed by atoms with Crippen molar-refractivity contribution >= 4 is 207 Å².